The minimum atomic E-state index is -0.532. The smallest absolute Gasteiger partial charge is 0.347 e. The summed E-state index contributed by atoms with van der Waals surface area (Å²) in [7, 11) is 0. The molecule has 2 heterocycles. The quantitative estimate of drug-likeness (QED) is 0.208. The van der Waals surface area contributed by atoms with Crippen LogP contribution in [0.15, 0.2) is 140 Å². The summed E-state index contributed by atoms with van der Waals surface area (Å²) in [6, 6.07) is 35.6. The summed E-state index contributed by atoms with van der Waals surface area (Å²) in [5.74, 6) is 2.65. The Morgan fingerprint density at radius 3 is 1.26 bits per heavy atom. The molecule has 0 aliphatic carbocycles. The molecule has 0 amide bonds. The zero-order chi connectivity index (χ0) is 28.5. The fourth-order valence-electron chi connectivity index (χ4n) is 4.48. The van der Waals surface area contributed by atoms with Gasteiger partial charge in [0.15, 0.2) is 0 Å². The standard InChI is InChI=1S/C34H20N2O6/c37-33-27-19-25(39-23-7-3-1-4-8-23)15-17-29(27)35-31(41-33)21-11-13-22(14-12-21)32-36-30-18-16-26(20-28(30)34(38)42-32)40-24-9-5-2-6-10-24/h1-20H. The van der Waals surface area contributed by atoms with E-state index in [2.05, 4.69) is 9.97 Å². The molecular weight excluding hydrogens is 532 g/mol. The van der Waals surface area contributed by atoms with Gasteiger partial charge in [-0.1, -0.05) is 36.4 Å². The molecule has 2 aromatic heterocycles. The number of hydrogen-bond donors (Lipinski definition) is 0. The number of para-hydroxylation sites is 2. The van der Waals surface area contributed by atoms with E-state index in [1.54, 1.807) is 60.7 Å². The molecule has 8 heteroatoms. The van der Waals surface area contributed by atoms with Gasteiger partial charge >= 0.3 is 11.3 Å². The van der Waals surface area contributed by atoms with Gasteiger partial charge in [0.1, 0.15) is 23.0 Å². The Morgan fingerprint density at radius 2 is 0.857 bits per heavy atom. The van der Waals surface area contributed by atoms with Gasteiger partial charge in [0.25, 0.3) is 0 Å². The SMILES string of the molecule is O=c1oc(-c2ccc(-c3nc4ccc(Oc5ccccc5)cc4c(=O)o3)cc2)nc2ccc(Oc3ccccc3)cc12. The molecule has 0 aliphatic rings. The van der Waals surface area contributed by atoms with Crippen LogP contribution in [0.5, 0.6) is 23.0 Å². The Balaban J connectivity index is 1.15. The molecule has 0 unspecified atom stereocenters. The topological polar surface area (TPSA) is 105 Å². The average Bonchev–Trinajstić information content (AvgIpc) is 3.02. The Kier molecular flexibility index (Phi) is 6.25. The van der Waals surface area contributed by atoms with Crippen molar-refractivity contribution in [2.24, 2.45) is 0 Å². The first kappa shape index (κ1) is 25.0. The molecular formula is C34H20N2O6. The molecule has 7 rings (SSSR count). The number of aromatic nitrogens is 2. The largest absolute Gasteiger partial charge is 0.457 e. The molecule has 0 fully saturated rings. The van der Waals surface area contributed by atoms with Crippen molar-refractivity contribution >= 4 is 21.8 Å². The molecule has 0 saturated carbocycles. The number of hydrogen-bond acceptors (Lipinski definition) is 8. The van der Waals surface area contributed by atoms with Crippen LogP contribution in [0.2, 0.25) is 0 Å². The molecule has 5 aromatic carbocycles. The van der Waals surface area contributed by atoms with Gasteiger partial charge in [-0.2, -0.15) is 0 Å². The van der Waals surface area contributed by atoms with E-state index < -0.39 is 11.3 Å². The van der Waals surface area contributed by atoms with Crippen molar-refractivity contribution in [1.82, 2.24) is 9.97 Å². The third kappa shape index (κ3) is 5.00. The second-order valence-electron chi connectivity index (χ2n) is 9.38. The summed E-state index contributed by atoms with van der Waals surface area (Å²) in [6.45, 7) is 0. The van der Waals surface area contributed by atoms with Gasteiger partial charge in [-0.25, -0.2) is 19.6 Å². The van der Waals surface area contributed by atoms with E-state index in [1.807, 2.05) is 60.7 Å². The van der Waals surface area contributed by atoms with Crippen molar-refractivity contribution in [3.63, 3.8) is 0 Å². The minimum absolute atomic E-state index is 0.162. The van der Waals surface area contributed by atoms with Crippen LogP contribution in [-0.2, 0) is 0 Å². The maximum absolute atomic E-state index is 12.8. The van der Waals surface area contributed by atoms with Crippen molar-refractivity contribution in [2.45, 2.75) is 0 Å². The average molecular weight is 553 g/mol. The highest BCUT2D eigenvalue weighted by atomic mass is 16.5. The van der Waals surface area contributed by atoms with Crippen LogP contribution in [0.25, 0.3) is 44.7 Å². The predicted molar refractivity (Wildman–Crippen MR) is 158 cm³/mol. The molecule has 7 aromatic rings. The first-order chi connectivity index (χ1) is 20.6. The van der Waals surface area contributed by atoms with E-state index in [4.69, 9.17) is 18.3 Å². The van der Waals surface area contributed by atoms with Crippen molar-refractivity contribution in [3.05, 3.63) is 142 Å². The molecule has 42 heavy (non-hydrogen) atoms. The highest BCUT2D eigenvalue weighted by Crippen LogP contribution is 2.28. The summed E-state index contributed by atoms with van der Waals surface area (Å²) in [5, 5.41) is 0.617. The number of benzene rings is 5. The molecule has 0 spiro atoms. The lowest BCUT2D eigenvalue weighted by molar-refractivity contribution is 0.481. The van der Waals surface area contributed by atoms with E-state index >= 15 is 0 Å². The predicted octanol–water partition coefficient (Wildman–Crippen LogP) is 7.61. The van der Waals surface area contributed by atoms with Crippen molar-refractivity contribution in [3.8, 4) is 45.9 Å². The lowest BCUT2D eigenvalue weighted by Gasteiger charge is -2.08. The van der Waals surface area contributed by atoms with E-state index in [-0.39, 0.29) is 11.8 Å². The minimum Gasteiger partial charge on any atom is -0.457 e. The van der Waals surface area contributed by atoms with Crippen LogP contribution in [0, 0.1) is 0 Å². The highest BCUT2D eigenvalue weighted by Gasteiger charge is 2.13. The fourth-order valence-corrected chi connectivity index (χ4v) is 4.48. The van der Waals surface area contributed by atoms with Gasteiger partial charge in [-0.05, 0) is 84.9 Å². The molecule has 0 aliphatic heterocycles. The van der Waals surface area contributed by atoms with Crippen molar-refractivity contribution in [2.75, 3.05) is 0 Å². The summed E-state index contributed by atoms with van der Waals surface area (Å²) in [4.78, 5) is 34.7. The van der Waals surface area contributed by atoms with Crippen LogP contribution in [0.3, 0.4) is 0 Å². The second kappa shape index (κ2) is 10.5. The van der Waals surface area contributed by atoms with Crippen molar-refractivity contribution < 1.29 is 18.3 Å². The van der Waals surface area contributed by atoms with Crippen LogP contribution >= 0.6 is 0 Å². The van der Waals surface area contributed by atoms with E-state index in [9.17, 15) is 9.59 Å². The summed E-state index contributed by atoms with van der Waals surface area (Å²) in [5.41, 5.74) is 1.04. The second-order valence-corrected chi connectivity index (χ2v) is 9.38. The maximum Gasteiger partial charge on any atom is 0.347 e. The maximum atomic E-state index is 12.8. The van der Waals surface area contributed by atoms with Gasteiger partial charge in [-0.15, -0.1) is 0 Å². The normalized spacial score (nSPS) is 11.0. The van der Waals surface area contributed by atoms with Gasteiger partial charge in [0.05, 0.1) is 21.8 Å². The number of fused-ring (bicyclic) bond motifs is 2. The molecule has 8 nitrogen and oxygen atoms in total. The Labute approximate surface area is 238 Å². The van der Waals surface area contributed by atoms with Gasteiger partial charge in [0.2, 0.25) is 11.8 Å². The van der Waals surface area contributed by atoms with Crippen molar-refractivity contribution in [1.29, 1.82) is 0 Å². The van der Waals surface area contributed by atoms with Gasteiger partial charge < -0.3 is 18.3 Å². The number of rotatable bonds is 6. The Morgan fingerprint density at radius 1 is 0.452 bits per heavy atom. The molecule has 0 bridgehead atoms. The third-order valence-electron chi connectivity index (χ3n) is 6.54. The molecule has 202 valence electrons. The van der Waals surface area contributed by atoms with Gasteiger partial charge in [-0.3, -0.25) is 0 Å². The molecule has 0 N–H and O–H groups in total. The number of nitrogens with zero attached hydrogens (tertiary/aromatic N) is 2. The lowest BCUT2D eigenvalue weighted by Crippen LogP contribution is -2.04. The first-order valence-corrected chi connectivity index (χ1v) is 13.1. The monoisotopic (exact) mass is 552 g/mol. The third-order valence-corrected chi connectivity index (χ3v) is 6.54. The molecule has 0 saturated heterocycles. The van der Waals surface area contributed by atoms with E-state index in [1.165, 1.54) is 0 Å². The summed E-state index contributed by atoms with van der Waals surface area (Å²) < 4.78 is 22.7. The summed E-state index contributed by atoms with van der Waals surface area (Å²) >= 11 is 0. The van der Waals surface area contributed by atoms with Crippen LogP contribution < -0.4 is 20.7 Å². The fraction of sp³-hybridized carbons (Fsp3) is 0. The first-order valence-electron chi connectivity index (χ1n) is 13.1. The Hall–Kier alpha value is -6.02. The zero-order valence-corrected chi connectivity index (χ0v) is 21.9. The zero-order valence-electron chi connectivity index (χ0n) is 21.9. The van der Waals surface area contributed by atoms with Crippen LogP contribution in [0.4, 0.5) is 0 Å². The van der Waals surface area contributed by atoms with E-state index in [0.29, 0.717) is 55.9 Å². The highest BCUT2D eigenvalue weighted by molar-refractivity contribution is 5.81. The lowest BCUT2D eigenvalue weighted by atomic mass is 10.1. The van der Waals surface area contributed by atoms with Gasteiger partial charge in [0, 0.05) is 11.1 Å². The Bertz CT molecular complexity index is 2020. The van der Waals surface area contributed by atoms with Crippen LogP contribution in [-0.4, -0.2) is 9.97 Å². The number of ether oxygens (including phenoxy) is 2. The molecule has 0 atom stereocenters. The van der Waals surface area contributed by atoms with E-state index in [0.717, 1.165) is 0 Å². The van der Waals surface area contributed by atoms with Crippen LogP contribution in [0.1, 0.15) is 0 Å². The summed E-state index contributed by atoms with van der Waals surface area (Å²) in [6.07, 6.45) is 0. The molecule has 0 radical (unpaired) electrons.